The van der Waals surface area contributed by atoms with Gasteiger partial charge in [-0.05, 0) is 36.9 Å². The molecule has 0 aliphatic rings. The van der Waals surface area contributed by atoms with Gasteiger partial charge < -0.3 is 14.8 Å². The maximum atomic E-state index is 12.7. The minimum absolute atomic E-state index is 0.112. The average Bonchev–Trinajstić information content (AvgIpc) is 3.24. The summed E-state index contributed by atoms with van der Waals surface area (Å²) in [5.74, 6) is -1.02. The van der Waals surface area contributed by atoms with Crippen molar-refractivity contribution in [3.8, 4) is 16.9 Å². The molecule has 1 aromatic heterocycles. The fourth-order valence-electron chi connectivity index (χ4n) is 2.84. The standard InChI is InChI=1S/C22H20N2O6S/c1-13-4-6-15(7-5-13)17-10-11-31-20(17)22(26)30-14(2)21(25)23-18-12-16(24(27)28)8-9-19(18)29-3/h4-12,14H,1-3H3,(H,23,25). The molecule has 3 aromatic rings. The van der Waals surface area contributed by atoms with E-state index < -0.39 is 22.9 Å². The molecule has 1 N–H and O–H groups in total. The highest BCUT2D eigenvalue weighted by atomic mass is 32.1. The average molecular weight is 440 g/mol. The van der Waals surface area contributed by atoms with Crippen LogP contribution in [-0.2, 0) is 9.53 Å². The van der Waals surface area contributed by atoms with E-state index in [-0.39, 0.29) is 17.1 Å². The summed E-state index contributed by atoms with van der Waals surface area (Å²) in [6, 6.07) is 13.4. The number of amides is 1. The minimum atomic E-state index is -1.13. The summed E-state index contributed by atoms with van der Waals surface area (Å²) in [4.78, 5) is 36.0. The molecule has 9 heteroatoms. The lowest BCUT2D eigenvalue weighted by atomic mass is 10.1. The Hall–Kier alpha value is -3.72. The molecule has 0 spiro atoms. The Morgan fingerprint density at radius 3 is 2.48 bits per heavy atom. The zero-order chi connectivity index (χ0) is 22.5. The maximum Gasteiger partial charge on any atom is 0.349 e. The van der Waals surface area contributed by atoms with Crippen LogP contribution in [0.25, 0.3) is 11.1 Å². The number of methoxy groups -OCH3 is 1. The molecule has 1 atom stereocenters. The van der Waals surface area contributed by atoms with Gasteiger partial charge in [0.15, 0.2) is 6.10 Å². The van der Waals surface area contributed by atoms with Gasteiger partial charge in [0.25, 0.3) is 11.6 Å². The summed E-state index contributed by atoms with van der Waals surface area (Å²) >= 11 is 1.22. The van der Waals surface area contributed by atoms with Crippen LogP contribution in [0.2, 0.25) is 0 Å². The topological polar surface area (TPSA) is 108 Å². The van der Waals surface area contributed by atoms with Gasteiger partial charge in [-0.1, -0.05) is 29.8 Å². The summed E-state index contributed by atoms with van der Waals surface area (Å²) in [7, 11) is 1.38. The van der Waals surface area contributed by atoms with Gasteiger partial charge in [-0.2, -0.15) is 0 Å². The zero-order valence-corrected chi connectivity index (χ0v) is 17.9. The van der Waals surface area contributed by atoms with E-state index in [1.54, 1.807) is 5.38 Å². The Labute approximate surface area is 182 Å². The molecule has 8 nitrogen and oxygen atoms in total. The highest BCUT2D eigenvalue weighted by molar-refractivity contribution is 7.12. The van der Waals surface area contributed by atoms with E-state index in [2.05, 4.69) is 5.32 Å². The van der Waals surface area contributed by atoms with Crippen molar-refractivity contribution in [1.82, 2.24) is 0 Å². The van der Waals surface area contributed by atoms with Gasteiger partial charge in [-0.3, -0.25) is 14.9 Å². The van der Waals surface area contributed by atoms with Gasteiger partial charge in [-0.25, -0.2) is 4.79 Å². The molecule has 0 fully saturated rings. The Morgan fingerprint density at radius 2 is 1.84 bits per heavy atom. The molecule has 1 unspecified atom stereocenters. The minimum Gasteiger partial charge on any atom is -0.495 e. The molecule has 0 aliphatic heterocycles. The number of nitro benzene ring substituents is 1. The smallest absolute Gasteiger partial charge is 0.349 e. The number of carbonyl (C=O) groups excluding carboxylic acids is 2. The maximum absolute atomic E-state index is 12.7. The van der Waals surface area contributed by atoms with E-state index in [0.717, 1.165) is 16.7 Å². The number of hydrogen-bond acceptors (Lipinski definition) is 7. The molecule has 31 heavy (non-hydrogen) atoms. The van der Waals surface area contributed by atoms with E-state index in [0.29, 0.717) is 4.88 Å². The van der Waals surface area contributed by atoms with Crippen LogP contribution in [0.1, 0.15) is 22.2 Å². The third-order valence-electron chi connectivity index (χ3n) is 4.52. The van der Waals surface area contributed by atoms with Gasteiger partial charge in [-0.15, -0.1) is 11.3 Å². The predicted octanol–water partition coefficient (Wildman–Crippen LogP) is 4.82. The highest BCUT2D eigenvalue weighted by Crippen LogP contribution is 2.31. The first-order valence-electron chi connectivity index (χ1n) is 9.29. The van der Waals surface area contributed by atoms with E-state index in [1.807, 2.05) is 37.3 Å². The molecule has 0 bridgehead atoms. The number of carbonyl (C=O) groups is 2. The first-order valence-corrected chi connectivity index (χ1v) is 10.2. The second-order valence-corrected chi connectivity index (χ2v) is 7.62. The lowest BCUT2D eigenvalue weighted by Crippen LogP contribution is -2.30. The monoisotopic (exact) mass is 440 g/mol. The molecule has 0 radical (unpaired) electrons. The number of thiophene rings is 1. The molecule has 1 heterocycles. The van der Waals surface area contributed by atoms with Crippen molar-refractivity contribution in [1.29, 1.82) is 0 Å². The summed E-state index contributed by atoms with van der Waals surface area (Å²) in [6.07, 6.45) is -1.13. The van der Waals surface area contributed by atoms with Crippen molar-refractivity contribution in [3.05, 3.63) is 74.5 Å². The molecule has 0 saturated carbocycles. The third kappa shape index (κ3) is 5.07. The second-order valence-electron chi connectivity index (χ2n) is 6.71. The summed E-state index contributed by atoms with van der Waals surface area (Å²) in [5, 5.41) is 15.3. The number of rotatable bonds is 7. The number of anilines is 1. The van der Waals surface area contributed by atoms with Crippen LogP contribution in [0.5, 0.6) is 5.75 Å². The first-order chi connectivity index (χ1) is 14.8. The van der Waals surface area contributed by atoms with E-state index >= 15 is 0 Å². The van der Waals surface area contributed by atoms with Crippen LogP contribution in [0.4, 0.5) is 11.4 Å². The fourth-order valence-corrected chi connectivity index (χ4v) is 3.63. The zero-order valence-electron chi connectivity index (χ0n) is 17.1. The van der Waals surface area contributed by atoms with Crippen LogP contribution in [0.3, 0.4) is 0 Å². The van der Waals surface area contributed by atoms with E-state index in [4.69, 9.17) is 9.47 Å². The number of non-ortho nitro benzene ring substituents is 1. The quantitative estimate of drug-likeness (QED) is 0.320. The number of nitrogens with zero attached hydrogens (tertiary/aromatic N) is 1. The van der Waals surface area contributed by atoms with E-state index in [1.165, 1.54) is 43.6 Å². The highest BCUT2D eigenvalue weighted by Gasteiger charge is 2.24. The number of benzene rings is 2. The van der Waals surface area contributed by atoms with Crippen LogP contribution in [-0.4, -0.2) is 30.0 Å². The molecule has 0 saturated heterocycles. The van der Waals surface area contributed by atoms with Gasteiger partial charge >= 0.3 is 5.97 Å². The normalized spacial score (nSPS) is 11.5. The Kier molecular flexibility index (Phi) is 6.66. The van der Waals surface area contributed by atoms with Crippen molar-refractivity contribution in [2.75, 3.05) is 12.4 Å². The fraction of sp³-hybridized carbons (Fsp3) is 0.182. The molecular formula is C22H20N2O6S. The summed E-state index contributed by atoms with van der Waals surface area (Å²) < 4.78 is 10.5. The van der Waals surface area contributed by atoms with Crippen molar-refractivity contribution in [2.45, 2.75) is 20.0 Å². The Morgan fingerprint density at radius 1 is 1.13 bits per heavy atom. The van der Waals surface area contributed by atoms with Crippen LogP contribution in [0.15, 0.2) is 53.9 Å². The van der Waals surface area contributed by atoms with Crippen molar-refractivity contribution >= 4 is 34.6 Å². The first kappa shape index (κ1) is 22.0. The Bertz CT molecular complexity index is 1120. The van der Waals surface area contributed by atoms with Crippen LogP contribution in [0, 0.1) is 17.0 Å². The van der Waals surface area contributed by atoms with Gasteiger partial charge in [0.2, 0.25) is 0 Å². The number of hydrogen-bond donors (Lipinski definition) is 1. The number of nitrogens with one attached hydrogen (secondary N) is 1. The molecule has 3 rings (SSSR count). The summed E-state index contributed by atoms with van der Waals surface area (Å²) in [5.41, 5.74) is 2.60. The van der Waals surface area contributed by atoms with E-state index in [9.17, 15) is 19.7 Å². The van der Waals surface area contributed by atoms with Gasteiger partial charge in [0, 0.05) is 17.7 Å². The molecule has 160 valence electrons. The lowest BCUT2D eigenvalue weighted by molar-refractivity contribution is -0.384. The molecule has 0 aliphatic carbocycles. The lowest BCUT2D eigenvalue weighted by Gasteiger charge is -2.15. The Balaban J connectivity index is 1.73. The second kappa shape index (κ2) is 9.40. The van der Waals surface area contributed by atoms with Crippen molar-refractivity contribution in [3.63, 3.8) is 0 Å². The van der Waals surface area contributed by atoms with Gasteiger partial charge in [0.1, 0.15) is 10.6 Å². The van der Waals surface area contributed by atoms with Crippen LogP contribution < -0.4 is 10.1 Å². The largest absolute Gasteiger partial charge is 0.495 e. The number of ether oxygens (including phenoxy) is 2. The number of aryl methyl sites for hydroxylation is 1. The third-order valence-corrected chi connectivity index (χ3v) is 5.41. The van der Waals surface area contributed by atoms with Crippen molar-refractivity contribution in [2.24, 2.45) is 0 Å². The van der Waals surface area contributed by atoms with Crippen molar-refractivity contribution < 1.29 is 24.0 Å². The predicted molar refractivity (Wildman–Crippen MR) is 118 cm³/mol. The van der Waals surface area contributed by atoms with Crippen LogP contribution >= 0.6 is 11.3 Å². The van der Waals surface area contributed by atoms with Gasteiger partial charge in [0.05, 0.1) is 17.7 Å². The SMILES string of the molecule is COc1ccc([N+](=O)[O-])cc1NC(=O)C(C)OC(=O)c1sccc1-c1ccc(C)cc1. The molecular weight excluding hydrogens is 420 g/mol. The molecule has 2 aromatic carbocycles. The number of esters is 1. The molecule has 1 amide bonds. The number of nitro groups is 1. The summed E-state index contributed by atoms with van der Waals surface area (Å²) in [6.45, 7) is 3.40.